The highest BCUT2D eigenvalue weighted by Crippen LogP contribution is 2.33. The van der Waals surface area contributed by atoms with Crippen LogP contribution in [0.15, 0.2) is 58.5 Å². The molecule has 2 aliphatic rings. The van der Waals surface area contributed by atoms with E-state index in [9.17, 15) is 9.59 Å². The van der Waals surface area contributed by atoms with Crippen LogP contribution in [0.1, 0.15) is 68.1 Å². The van der Waals surface area contributed by atoms with Crippen molar-refractivity contribution >= 4 is 34.7 Å². The zero-order chi connectivity index (χ0) is 33.1. The maximum Gasteiger partial charge on any atom is 0.228 e. The van der Waals surface area contributed by atoms with Gasteiger partial charge in [0.2, 0.25) is 12.3 Å². The minimum absolute atomic E-state index is 0.123. The number of hydrogen-bond acceptors (Lipinski definition) is 7. The molecule has 0 radical (unpaired) electrons. The second kappa shape index (κ2) is 17.8. The second-order valence-corrected chi connectivity index (χ2v) is 14.8. The summed E-state index contributed by atoms with van der Waals surface area (Å²) >= 11 is 0. The van der Waals surface area contributed by atoms with Crippen molar-refractivity contribution in [3.63, 3.8) is 0 Å². The molecule has 2 aliphatic heterocycles. The summed E-state index contributed by atoms with van der Waals surface area (Å²) < 4.78 is 2.51. The van der Waals surface area contributed by atoms with Crippen molar-refractivity contribution in [3.8, 4) is 0 Å². The highest BCUT2D eigenvalue weighted by Gasteiger charge is 2.24. The third kappa shape index (κ3) is 10.5. The van der Waals surface area contributed by atoms with E-state index in [1.165, 1.54) is 35.3 Å². The highest BCUT2D eigenvalue weighted by molar-refractivity contribution is 8.12. The van der Waals surface area contributed by atoms with E-state index in [0.29, 0.717) is 30.8 Å². The van der Waals surface area contributed by atoms with E-state index in [2.05, 4.69) is 80.9 Å². The molecular weight excluding hydrogens is 595 g/mol. The first-order valence-electron chi connectivity index (χ1n) is 16.8. The number of nitrogens with zero attached hydrogens (tertiary/aromatic N) is 5. The summed E-state index contributed by atoms with van der Waals surface area (Å²) in [6.45, 7) is 8.28. The van der Waals surface area contributed by atoms with Gasteiger partial charge in [0.15, 0.2) is 5.84 Å². The summed E-state index contributed by atoms with van der Waals surface area (Å²) in [5.74, 6) is 6.24. The van der Waals surface area contributed by atoms with Crippen molar-refractivity contribution in [2.24, 2.45) is 16.8 Å². The average molecular weight is 650 g/mol. The molecule has 3 N–H and O–H groups in total. The van der Waals surface area contributed by atoms with Gasteiger partial charge in [-0.15, -0.1) is 0 Å². The number of benzene rings is 2. The molecule has 4 rings (SSSR count). The predicted molar refractivity (Wildman–Crippen MR) is 192 cm³/mol. The zero-order valence-corrected chi connectivity index (χ0v) is 29.2. The lowest BCUT2D eigenvalue weighted by Crippen LogP contribution is -2.37. The Morgan fingerprint density at radius 3 is 2.41 bits per heavy atom. The molecule has 2 atom stereocenters. The van der Waals surface area contributed by atoms with Gasteiger partial charge in [0.25, 0.3) is 0 Å². The van der Waals surface area contributed by atoms with Crippen LogP contribution in [0.5, 0.6) is 0 Å². The number of carbonyl (C=O) groups excluding carboxylic acids is 2. The molecule has 0 aromatic heterocycles. The molecule has 9 nitrogen and oxygen atoms in total. The van der Waals surface area contributed by atoms with Crippen molar-refractivity contribution in [1.29, 1.82) is 0 Å². The van der Waals surface area contributed by atoms with E-state index >= 15 is 0 Å². The van der Waals surface area contributed by atoms with E-state index in [0.717, 1.165) is 63.4 Å². The summed E-state index contributed by atoms with van der Waals surface area (Å²) in [6, 6.07) is 18.3. The summed E-state index contributed by atoms with van der Waals surface area (Å²) in [5, 5.41) is 8.66. The Morgan fingerprint density at radius 1 is 1.09 bits per heavy atom. The van der Waals surface area contributed by atoms with Gasteiger partial charge in [-0.25, -0.2) is 0 Å². The van der Waals surface area contributed by atoms with Gasteiger partial charge in [0.1, 0.15) is 0 Å². The lowest BCUT2D eigenvalue weighted by Gasteiger charge is -2.34. The third-order valence-electron chi connectivity index (χ3n) is 9.38. The fourth-order valence-corrected chi connectivity index (χ4v) is 7.98. The van der Waals surface area contributed by atoms with Gasteiger partial charge in [-0.2, -0.15) is 5.10 Å². The number of hydrogen-bond donors (Lipinski definition) is 2. The first-order chi connectivity index (χ1) is 22.2. The smallest absolute Gasteiger partial charge is 0.228 e. The van der Waals surface area contributed by atoms with Crippen molar-refractivity contribution in [1.82, 2.24) is 24.4 Å². The Hall–Kier alpha value is -3.05. The van der Waals surface area contributed by atoms with Crippen molar-refractivity contribution in [2.45, 2.75) is 68.7 Å². The van der Waals surface area contributed by atoms with Crippen LogP contribution in [0.4, 0.5) is 0 Å². The fraction of sp³-hybridized carbons (Fsp3) is 0.556. The first-order valence-corrected chi connectivity index (χ1v) is 18.2. The van der Waals surface area contributed by atoms with E-state index in [1.807, 2.05) is 26.0 Å². The van der Waals surface area contributed by atoms with Crippen LogP contribution in [0, 0.1) is 5.92 Å². The number of piperidine rings is 2. The van der Waals surface area contributed by atoms with Gasteiger partial charge in [-0.05, 0) is 80.3 Å². The lowest BCUT2D eigenvalue weighted by molar-refractivity contribution is -0.125. The highest BCUT2D eigenvalue weighted by atomic mass is 32.2. The molecule has 2 saturated heterocycles. The van der Waals surface area contributed by atoms with E-state index in [-0.39, 0.29) is 23.0 Å². The van der Waals surface area contributed by atoms with Crippen molar-refractivity contribution in [3.05, 3.63) is 65.2 Å². The van der Waals surface area contributed by atoms with Crippen molar-refractivity contribution < 1.29 is 9.59 Å². The summed E-state index contributed by atoms with van der Waals surface area (Å²) in [5.41, 5.74) is 9.95. The number of nitrogens with one attached hydrogen (secondary N) is 1. The SMILES string of the molecule is C=S(c1cccc(CC(CC)CN2CCC(c3ccc(/C(=N\N(C)C)N(C)CCC(=O)NC=O)cc3)CC2)c1)N1CCC(N)CC1. The van der Waals surface area contributed by atoms with Crippen LogP contribution >= 0.6 is 10.7 Å². The second-order valence-electron chi connectivity index (χ2n) is 13.1. The van der Waals surface area contributed by atoms with Crippen LogP contribution in [0.3, 0.4) is 0 Å². The van der Waals surface area contributed by atoms with E-state index in [4.69, 9.17) is 5.73 Å². The monoisotopic (exact) mass is 649 g/mol. The van der Waals surface area contributed by atoms with Gasteiger partial charge < -0.3 is 20.5 Å². The van der Waals surface area contributed by atoms with Gasteiger partial charge in [-0.1, -0.05) is 66.3 Å². The first kappa shape index (κ1) is 35.8. The number of amides is 2. The maximum atomic E-state index is 11.8. The van der Waals surface area contributed by atoms with Crippen LogP contribution in [-0.4, -0.2) is 110 Å². The Bertz CT molecular complexity index is 1320. The summed E-state index contributed by atoms with van der Waals surface area (Å²) in [4.78, 5) is 28.3. The molecule has 2 aromatic rings. The number of carbonyl (C=O) groups is 2. The molecule has 2 amide bonds. The van der Waals surface area contributed by atoms with Crippen LogP contribution in [0.25, 0.3) is 0 Å². The molecule has 0 bridgehead atoms. The minimum Gasteiger partial charge on any atom is -0.357 e. The summed E-state index contributed by atoms with van der Waals surface area (Å²) in [6.07, 6.45) is 7.40. The normalized spacial score (nSPS) is 18.6. The zero-order valence-electron chi connectivity index (χ0n) is 28.4. The number of nitrogens with two attached hydrogens (primary N) is 1. The number of imide groups is 1. The quantitative estimate of drug-likeness (QED) is 0.103. The summed E-state index contributed by atoms with van der Waals surface area (Å²) in [7, 11) is 5.58. The fourth-order valence-electron chi connectivity index (χ4n) is 6.51. The molecule has 2 heterocycles. The number of rotatable bonds is 14. The topological polar surface area (TPSA) is 97.5 Å². The predicted octanol–water partition coefficient (Wildman–Crippen LogP) is 4.35. The largest absolute Gasteiger partial charge is 0.357 e. The average Bonchev–Trinajstić information content (AvgIpc) is 3.06. The van der Waals surface area contributed by atoms with Gasteiger partial charge in [0.05, 0.1) is 0 Å². The van der Waals surface area contributed by atoms with Crippen LogP contribution in [0.2, 0.25) is 0 Å². The Morgan fingerprint density at radius 2 is 1.78 bits per heavy atom. The molecule has 0 saturated carbocycles. The Labute approximate surface area is 279 Å². The molecule has 0 aliphatic carbocycles. The van der Waals surface area contributed by atoms with Crippen LogP contribution < -0.4 is 11.1 Å². The number of likely N-dealkylation sites (tertiary alicyclic amines) is 1. The molecule has 2 aromatic carbocycles. The van der Waals surface area contributed by atoms with Gasteiger partial charge >= 0.3 is 0 Å². The minimum atomic E-state index is -0.297. The van der Waals surface area contributed by atoms with Gasteiger partial charge in [-0.3, -0.25) is 19.2 Å². The molecule has 2 unspecified atom stereocenters. The number of amidine groups is 1. The van der Waals surface area contributed by atoms with Gasteiger partial charge in [0, 0.05) is 70.2 Å². The molecule has 46 heavy (non-hydrogen) atoms. The van der Waals surface area contributed by atoms with E-state index in [1.54, 1.807) is 5.01 Å². The van der Waals surface area contributed by atoms with Crippen molar-refractivity contribution in [2.75, 3.05) is 60.4 Å². The van der Waals surface area contributed by atoms with E-state index < -0.39 is 0 Å². The molecular formula is C36H55N7O2S. The molecule has 2 fully saturated rings. The van der Waals surface area contributed by atoms with Crippen LogP contribution in [-0.2, 0) is 16.0 Å². The molecule has 252 valence electrons. The standard InChI is InChI=1S/C36H55N7O2S/c1-6-28(24-29-8-7-9-34(25-29)46(5)43-22-16-33(37)17-23-43)26-42-20-14-31(15-21-42)30-10-12-32(13-11-30)36(39-40(2)3)41(4)19-18-35(45)38-27-44/h7-13,25,27-28,31,33H,5-6,14-24,26,37H2,1-4H3,(H,38,44,45)/b39-36+. The Balaban J connectivity index is 1.29. The molecule has 10 heteroatoms. The maximum absolute atomic E-state index is 11.8. The Kier molecular flexibility index (Phi) is 13.8. The lowest BCUT2D eigenvalue weighted by atomic mass is 9.88. The third-order valence-corrected chi connectivity index (χ3v) is 11.2. The molecule has 0 spiro atoms. The number of hydrazone groups is 1.